The average molecular weight is 359 g/mol. The van der Waals surface area contributed by atoms with Gasteiger partial charge in [0.1, 0.15) is 0 Å². The minimum Gasteiger partial charge on any atom is -0.325 e. The minimum atomic E-state index is -3.73. The summed E-state index contributed by atoms with van der Waals surface area (Å²) in [4.78, 5) is 14.7. The van der Waals surface area contributed by atoms with Gasteiger partial charge in [0.05, 0.1) is 10.9 Å². The van der Waals surface area contributed by atoms with Crippen LogP contribution in [0.2, 0.25) is 0 Å². The number of hydrogen-bond acceptors (Lipinski definition) is 4. The van der Waals surface area contributed by atoms with Crippen molar-refractivity contribution in [3.63, 3.8) is 0 Å². The number of nitrogens with zero attached hydrogens (tertiary/aromatic N) is 1. The molecule has 0 aromatic heterocycles. The third-order valence-corrected chi connectivity index (χ3v) is 5.47. The summed E-state index contributed by atoms with van der Waals surface area (Å²) in [5.41, 5.74) is 3.14. The van der Waals surface area contributed by atoms with Crippen molar-refractivity contribution in [3.05, 3.63) is 59.7 Å². The first-order chi connectivity index (χ1) is 11.8. The molecule has 0 fully saturated rings. The van der Waals surface area contributed by atoms with Crippen LogP contribution < -0.4 is 10.5 Å². The van der Waals surface area contributed by atoms with Crippen LogP contribution in [0.4, 0.5) is 5.69 Å². The van der Waals surface area contributed by atoms with E-state index in [1.54, 1.807) is 0 Å². The standard InChI is InChI=1S/C18H21N3O3S/c1-13(21-11-10-14-4-2-3-5-15(14)12-21)18(22)20-16-6-8-17(9-7-16)25(19,23)24/h2-9,13H,10-12H2,1H3,(H,20,22)(H2,19,23,24)/t13-/m0/s1. The van der Waals surface area contributed by atoms with Crippen LogP contribution in [0, 0.1) is 0 Å². The van der Waals surface area contributed by atoms with Crippen molar-refractivity contribution in [3.8, 4) is 0 Å². The van der Waals surface area contributed by atoms with Gasteiger partial charge in [-0.15, -0.1) is 0 Å². The fraction of sp³-hybridized carbons (Fsp3) is 0.278. The Morgan fingerprint density at radius 1 is 1.12 bits per heavy atom. The van der Waals surface area contributed by atoms with Crippen LogP contribution in [0.1, 0.15) is 18.1 Å². The second-order valence-corrected chi connectivity index (χ2v) is 7.79. The van der Waals surface area contributed by atoms with Gasteiger partial charge < -0.3 is 5.32 Å². The van der Waals surface area contributed by atoms with Gasteiger partial charge in [0.15, 0.2) is 0 Å². The fourth-order valence-corrected chi connectivity index (χ4v) is 3.50. The molecule has 0 aliphatic carbocycles. The van der Waals surface area contributed by atoms with Crippen LogP contribution in [0.5, 0.6) is 0 Å². The minimum absolute atomic E-state index is 0.0196. The molecule has 2 aromatic carbocycles. The van der Waals surface area contributed by atoms with Gasteiger partial charge in [-0.2, -0.15) is 0 Å². The smallest absolute Gasteiger partial charge is 0.241 e. The number of benzene rings is 2. The van der Waals surface area contributed by atoms with E-state index in [0.717, 1.165) is 19.5 Å². The molecule has 25 heavy (non-hydrogen) atoms. The number of hydrogen-bond donors (Lipinski definition) is 2. The van der Waals surface area contributed by atoms with E-state index < -0.39 is 10.0 Å². The zero-order valence-electron chi connectivity index (χ0n) is 14.0. The largest absolute Gasteiger partial charge is 0.325 e. The molecule has 0 spiro atoms. The molecule has 0 bridgehead atoms. The van der Waals surface area contributed by atoms with Crippen molar-refractivity contribution in [2.45, 2.75) is 30.8 Å². The summed E-state index contributed by atoms with van der Waals surface area (Å²) in [6.45, 7) is 3.45. The lowest BCUT2D eigenvalue weighted by Crippen LogP contribution is -2.44. The van der Waals surface area contributed by atoms with Gasteiger partial charge in [-0.05, 0) is 48.7 Å². The molecule has 0 saturated carbocycles. The fourth-order valence-electron chi connectivity index (χ4n) is 2.99. The normalized spacial score (nSPS) is 16.1. The first kappa shape index (κ1) is 17.6. The van der Waals surface area contributed by atoms with Crippen molar-refractivity contribution in [1.82, 2.24) is 4.90 Å². The highest BCUT2D eigenvalue weighted by atomic mass is 32.2. The quantitative estimate of drug-likeness (QED) is 0.869. The summed E-state index contributed by atoms with van der Waals surface area (Å²) in [5.74, 6) is -0.122. The van der Waals surface area contributed by atoms with Crippen molar-refractivity contribution in [1.29, 1.82) is 0 Å². The summed E-state index contributed by atoms with van der Waals surface area (Å²) >= 11 is 0. The Labute approximate surface area is 147 Å². The summed E-state index contributed by atoms with van der Waals surface area (Å²) in [6, 6.07) is 13.8. The predicted molar refractivity (Wildman–Crippen MR) is 96.5 cm³/mol. The molecule has 1 heterocycles. The number of carbonyl (C=O) groups excluding carboxylic acids is 1. The van der Waals surface area contributed by atoms with Gasteiger partial charge in [0.25, 0.3) is 0 Å². The van der Waals surface area contributed by atoms with Crippen molar-refractivity contribution < 1.29 is 13.2 Å². The van der Waals surface area contributed by atoms with E-state index >= 15 is 0 Å². The summed E-state index contributed by atoms with van der Waals surface area (Å²) in [6.07, 6.45) is 0.927. The number of fused-ring (bicyclic) bond motifs is 1. The summed E-state index contributed by atoms with van der Waals surface area (Å²) in [7, 11) is -3.73. The predicted octanol–water partition coefficient (Wildman–Crippen LogP) is 1.72. The third kappa shape index (κ3) is 4.07. The van der Waals surface area contributed by atoms with Gasteiger partial charge in [-0.3, -0.25) is 9.69 Å². The van der Waals surface area contributed by atoms with Crippen LogP contribution in [-0.4, -0.2) is 31.8 Å². The van der Waals surface area contributed by atoms with E-state index in [4.69, 9.17) is 5.14 Å². The van der Waals surface area contributed by atoms with E-state index in [-0.39, 0.29) is 16.8 Å². The van der Waals surface area contributed by atoms with E-state index in [9.17, 15) is 13.2 Å². The van der Waals surface area contributed by atoms with Crippen LogP contribution in [0.25, 0.3) is 0 Å². The third-order valence-electron chi connectivity index (χ3n) is 4.54. The Hall–Kier alpha value is -2.22. The average Bonchev–Trinajstić information content (AvgIpc) is 2.60. The molecule has 1 amide bonds. The van der Waals surface area contributed by atoms with Crippen LogP contribution in [0.3, 0.4) is 0 Å². The molecule has 1 atom stereocenters. The Morgan fingerprint density at radius 2 is 1.76 bits per heavy atom. The lowest BCUT2D eigenvalue weighted by Gasteiger charge is -2.32. The maximum absolute atomic E-state index is 12.5. The Morgan fingerprint density at radius 3 is 2.40 bits per heavy atom. The van der Waals surface area contributed by atoms with Crippen molar-refractivity contribution >= 4 is 21.6 Å². The molecule has 1 aliphatic rings. The van der Waals surface area contributed by atoms with E-state index in [1.807, 2.05) is 19.1 Å². The molecule has 3 N–H and O–H groups in total. The number of nitrogens with one attached hydrogen (secondary N) is 1. The van der Waals surface area contributed by atoms with Gasteiger partial charge in [-0.1, -0.05) is 24.3 Å². The number of rotatable bonds is 4. The second kappa shape index (κ2) is 6.95. The molecule has 0 unspecified atom stereocenters. The van der Waals surface area contributed by atoms with Crippen molar-refractivity contribution in [2.24, 2.45) is 5.14 Å². The van der Waals surface area contributed by atoms with Gasteiger partial charge in [0.2, 0.25) is 15.9 Å². The van der Waals surface area contributed by atoms with E-state index in [0.29, 0.717) is 5.69 Å². The highest BCUT2D eigenvalue weighted by Gasteiger charge is 2.25. The monoisotopic (exact) mass is 359 g/mol. The Bertz CT molecular complexity index is 879. The first-order valence-electron chi connectivity index (χ1n) is 8.09. The highest BCUT2D eigenvalue weighted by molar-refractivity contribution is 7.89. The number of nitrogens with two attached hydrogens (primary N) is 1. The Balaban J connectivity index is 1.65. The molecule has 6 nitrogen and oxygen atoms in total. The lowest BCUT2D eigenvalue weighted by atomic mass is 9.99. The molecule has 132 valence electrons. The van der Waals surface area contributed by atoms with E-state index in [1.165, 1.54) is 35.4 Å². The maximum atomic E-state index is 12.5. The molecule has 7 heteroatoms. The number of carbonyl (C=O) groups is 1. The lowest BCUT2D eigenvalue weighted by molar-refractivity contribution is -0.121. The molecule has 1 aliphatic heterocycles. The number of sulfonamides is 1. The van der Waals surface area contributed by atoms with Crippen LogP contribution >= 0.6 is 0 Å². The highest BCUT2D eigenvalue weighted by Crippen LogP contribution is 2.21. The Kier molecular flexibility index (Phi) is 4.89. The van der Waals surface area contributed by atoms with Crippen LogP contribution in [-0.2, 0) is 27.8 Å². The van der Waals surface area contributed by atoms with Gasteiger partial charge >= 0.3 is 0 Å². The van der Waals surface area contributed by atoms with E-state index in [2.05, 4.69) is 22.3 Å². The van der Waals surface area contributed by atoms with Crippen LogP contribution in [0.15, 0.2) is 53.4 Å². The second-order valence-electron chi connectivity index (χ2n) is 6.22. The van der Waals surface area contributed by atoms with Crippen molar-refractivity contribution in [2.75, 3.05) is 11.9 Å². The molecule has 3 rings (SSSR count). The molecular formula is C18H21N3O3S. The van der Waals surface area contributed by atoms with Gasteiger partial charge in [-0.25, -0.2) is 13.6 Å². The topological polar surface area (TPSA) is 92.5 Å². The SMILES string of the molecule is C[C@@H](C(=O)Nc1ccc(S(N)(=O)=O)cc1)N1CCc2ccccc2C1. The number of amides is 1. The molecule has 0 radical (unpaired) electrons. The molecular weight excluding hydrogens is 338 g/mol. The molecule has 2 aromatic rings. The molecule has 0 saturated heterocycles. The zero-order valence-corrected chi connectivity index (χ0v) is 14.8. The first-order valence-corrected chi connectivity index (χ1v) is 9.64. The number of anilines is 1. The maximum Gasteiger partial charge on any atom is 0.241 e. The van der Waals surface area contributed by atoms with Gasteiger partial charge in [0, 0.05) is 18.8 Å². The summed E-state index contributed by atoms with van der Waals surface area (Å²) in [5, 5.41) is 7.90. The zero-order chi connectivity index (χ0) is 18.0. The number of primary sulfonamides is 1. The summed E-state index contributed by atoms with van der Waals surface area (Å²) < 4.78 is 22.5.